The summed E-state index contributed by atoms with van der Waals surface area (Å²) >= 11 is 0. The van der Waals surface area contributed by atoms with E-state index in [0.29, 0.717) is 0 Å². The van der Waals surface area contributed by atoms with Crippen molar-refractivity contribution in [1.29, 1.82) is 0 Å². The molecule has 0 atom stereocenters. The molecule has 0 heterocycles. The van der Waals surface area contributed by atoms with E-state index in [0.717, 1.165) is 40.1 Å². The van der Waals surface area contributed by atoms with Crippen LogP contribution in [0.3, 0.4) is 0 Å². The summed E-state index contributed by atoms with van der Waals surface area (Å²) in [6, 6.07) is 63.4. The lowest BCUT2D eigenvalue weighted by Crippen LogP contribution is -3.00. The molecule has 6 aromatic carbocycles. The minimum absolute atomic E-state index is 0. The van der Waals surface area contributed by atoms with E-state index >= 15 is 0 Å². The molecule has 0 aliphatic carbocycles. The minimum atomic E-state index is 0. The Balaban J connectivity index is 0.00000337. The molecule has 0 aliphatic rings. The van der Waals surface area contributed by atoms with Gasteiger partial charge in [0.1, 0.15) is 34.1 Å². The molecule has 3 nitrogen and oxygen atoms in total. The number of anilines is 4. The van der Waals surface area contributed by atoms with Crippen molar-refractivity contribution in [1.82, 2.24) is 4.58 Å². The van der Waals surface area contributed by atoms with Gasteiger partial charge in [-0.2, -0.15) is 14.4 Å². The molecule has 6 aromatic rings. The molecule has 41 heavy (non-hydrogen) atoms. The normalized spacial score (nSPS) is 10.2. The Hall–Kier alpha value is -5.12. The number of guanidine groups is 1. The van der Waals surface area contributed by atoms with Crippen LogP contribution >= 0.6 is 0 Å². The third kappa shape index (κ3) is 6.06. The summed E-state index contributed by atoms with van der Waals surface area (Å²) in [4.78, 5) is 4.67. The molecule has 0 radical (unpaired) electrons. The van der Waals surface area contributed by atoms with Gasteiger partial charge in [-0.3, -0.25) is 0 Å². The maximum atomic E-state index is 2.33. The van der Waals surface area contributed by atoms with E-state index < -0.39 is 0 Å². The molecule has 0 unspecified atom stereocenters. The van der Waals surface area contributed by atoms with E-state index in [9.17, 15) is 0 Å². The van der Waals surface area contributed by atoms with Gasteiger partial charge >= 0.3 is 5.96 Å². The quantitative estimate of drug-likeness (QED) is 0.132. The predicted octanol–water partition coefficient (Wildman–Crippen LogP) is 6.56. The van der Waals surface area contributed by atoms with Gasteiger partial charge in [-0.25, -0.2) is 0 Å². The number of rotatable bonds is 6. The fraction of sp³-hybridized carbons (Fsp3) is 0. The molecule has 0 N–H and O–H groups in total. The summed E-state index contributed by atoms with van der Waals surface area (Å²) in [6.07, 6.45) is 0. The lowest BCUT2D eigenvalue weighted by molar-refractivity contribution is -0.00000773. The zero-order chi connectivity index (χ0) is 27.0. The molecular weight excluding hydrogens is 522 g/mol. The van der Waals surface area contributed by atoms with Gasteiger partial charge in [0.15, 0.2) is 0 Å². The maximum absolute atomic E-state index is 2.33. The first kappa shape index (κ1) is 27.4. The van der Waals surface area contributed by atoms with E-state index in [1.807, 2.05) is 0 Å². The summed E-state index contributed by atoms with van der Waals surface area (Å²) in [6.45, 7) is 0. The van der Waals surface area contributed by atoms with Crippen LogP contribution in [0.15, 0.2) is 182 Å². The van der Waals surface area contributed by atoms with E-state index in [2.05, 4.69) is 196 Å². The van der Waals surface area contributed by atoms with Crippen molar-refractivity contribution in [3.05, 3.63) is 182 Å². The van der Waals surface area contributed by atoms with Crippen LogP contribution in [0.25, 0.3) is 0 Å². The molecular formula is C37H30ClN3. The van der Waals surface area contributed by atoms with Gasteiger partial charge in [-0.1, -0.05) is 109 Å². The molecule has 0 aromatic heterocycles. The molecule has 200 valence electrons. The molecule has 4 heteroatoms. The lowest BCUT2D eigenvalue weighted by atomic mass is 10.2. The fourth-order valence-corrected chi connectivity index (χ4v) is 4.90. The van der Waals surface area contributed by atoms with E-state index in [1.54, 1.807) is 0 Å². The summed E-state index contributed by atoms with van der Waals surface area (Å²) in [5, 5.41) is 0. The van der Waals surface area contributed by atoms with Gasteiger partial charge in [-0.05, 0) is 72.8 Å². The highest BCUT2D eigenvalue weighted by Crippen LogP contribution is 2.35. The molecule has 0 bridgehead atoms. The SMILES string of the molecule is [Cl-].c1ccc(N(C(N(c2ccccc2)c2ccccc2)=[N+](c2ccccc2)c2ccccc2)c2ccccc2)cc1. The number of halogens is 1. The van der Waals surface area contributed by atoms with Crippen molar-refractivity contribution in [2.45, 2.75) is 0 Å². The third-order valence-corrected chi connectivity index (χ3v) is 6.69. The molecule has 0 aliphatic heterocycles. The average molecular weight is 552 g/mol. The highest BCUT2D eigenvalue weighted by atomic mass is 35.5. The Kier molecular flexibility index (Phi) is 8.90. The Morgan fingerprint density at radius 1 is 0.317 bits per heavy atom. The van der Waals surface area contributed by atoms with Gasteiger partial charge in [0.05, 0.1) is 0 Å². The van der Waals surface area contributed by atoms with Gasteiger partial charge in [0.25, 0.3) is 0 Å². The molecule has 0 saturated heterocycles. The molecule has 0 amide bonds. The molecule has 0 spiro atoms. The van der Waals surface area contributed by atoms with Crippen molar-refractivity contribution >= 4 is 40.1 Å². The number of nitrogens with zero attached hydrogens (tertiary/aromatic N) is 3. The molecule has 6 rings (SSSR count). The maximum Gasteiger partial charge on any atom is 0.380 e. The van der Waals surface area contributed by atoms with Gasteiger partial charge in [-0.15, -0.1) is 0 Å². The second kappa shape index (κ2) is 13.3. The second-order valence-electron chi connectivity index (χ2n) is 9.32. The fourth-order valence-electron chi connectivity index (χ4n) is 4.90. The van der Waals surface area contributed by atoms with Crippen LogP contribution in [-0.2, 0) is 0 Å². The molecule has 0 fully saturated rings. The third-order valence-electron chi connectivity index (χ3n) is 6.69. The predicted molar refractivity (Wildman–Crippen MR) is 169 cm³/mol. The number of para-hydroxylation sites is 6. The highest BCUT2D eigenvalue weighted by Gasteiger charge is 2.36. The van der Waals surface area contributed by atoms with Crippen LogP contribution < -0.4 is 26.8 Å². The van der Waals surface area contributed by atoms with Crippen molar-refractivity contribution in [3.8, 4) is 0 Å². The number of hydrogen-bond acceptors (Lipinski definition) is 0. The monoisotopic (exact) mass is 551 g/mol. The van der Waals surface area contributed by atoms with E-state index in [1.165, 1.54) is 0 Å². The Morgan fingerprint density at radius 2 is 0.537 bits per heavy atom. The van der Waals surface area contributed by atoms with Crippen LogP contribution in [0.5, 0.6) is 0 Å². The lowest BCUT2D eigenvalue weighted by Gasteiger charge is -2.30. The topological polar surface area (TPSA) is 9.49 Å². The molecule has 0 saturated carbocycles. The van der Waals surface area contributed by atoms with Crippen LogP contribution in [0, 0.1) is 0 Å². The Morgan fingerprint density at radius 3 is 0.780 bits per heavy atom. The van der Waals surface area contributed by atoms with Gasteiger partial charge < -0.3 is 12.4 Å². The first-order chi connectivity index (χ1) is 19.9. The Labute approximate surface area is 248 Å². The number of benzene rings is 6. The van der Waals surface area contributed by atoms with Gasteiger partial charge in [0, 0.05) is 0 Å². The van der Waals surface area contributed by atoms with Crippen molar-refractivity contribution in [3.63, 3.8) is 0 Å². The zero-order valence-electron chi connectivity index (χ0n) is 22.5. The first-order valence-electron chi connectivity index (χ1n) is 13.5. The largest absolute Gasteiger partial charge is 1.00 e. The van der Waals surface area contributed by atoms with Gasteiger partial charge in [0.2, 0.25) is 0 Å². The average Bonchev–Trinajstić information content (AvgIpc) is 3.04. The summed E-state index contributed by atoms with van der Waals surface area (Å²) in [5.74, 6) is 0.951. The highest BCUT2D eigenvalue weighted by molar-refractivity contribution is 6.17. The first-order valence-corrected chi connectivity index (χ1v) is 13.5. The number of hydrogen-bond donors (Lipinski definition) is 0. The van der Waals surface area contributed by atoms with Crippen molar-refractivity contribution < 1.29 is 12.4 Å². The summed E-state index contributed by atoms with van der Waals surface area (Å²) < 4.78 is 2.33. The van der Waals surface area contributed by atoms with Crippen LogP contribution in [0.2, 0.25) is 0 Å². The second-order valence-corrected chi connectivity index (χ2v) is 9.32. The van der Waals surface area contributed by atoms with Crippen LogP contribution in [-0.4, -0.2) is 5.96 Å². The Bertz CT molecular complexity index is 1450. The van der Waals surface area contributed by atoms with Crippen molar-refractivity contribution in [2.24, 2.45) is 0 Å². The van der Waals surface area contributed by atoms with Crippen LogP contribution in [0.4, 0.5) is 34.1 Å². The minimum Gasteiger partial charge on any atom is -1.00 e. The summed E-state index contributed by atoms with van der Waals surface area (Å²) in [5.41, 5.74) is 6.32. The standard InChI is InChI=1S/C37H30N3.ClH/c1-7-19-31(20-8-1)38(32-21-9-2-10-22-32)37(39(33-23-11-3-12-24-33)34-25-13-4-14-26-34)40(35-27-15-5-16-28-35)36-29-17-6-18-30-36;/h1-30H;1H/q+1;/p-1. The van der Waals surface area contributed by atoms with Crippen LogP contribution in [0.1, 0.15) is 0 Å². The van der Waals surface area contributed by atoms with E-state index in [-0.39, 0.29) is 12.4 Å². The zero-order valence-corrected chi connectivity index (χ0v) is 23.3. The van der Waals surface area contributed by atoms with E-state index in [4.69, 9.17) is 0 Å². The smallest absolute Gasteiger partial charge is 0.380 e. The van der Waals surface area contributed by atoms with Crippen molar-refractivity contribution in [2.75, 3.05) is 9.80 Å². The summed E-state index contributed by atoms with van der Waals surface area (Å²) in [7, 11) is 0.